The van der Waals surface area contributed by atoms with Crippen LogP contribution >= 0.6 is 0 Å². The Bertz CT molecular complexity index is 487. The van der Waals surface area contributed by atoms with Crippen LogP contribution in [0.1, 0.15) is 58.4 Å². The van der Waals surface area contributed by atoms with Gasteiger partial charge in [0.15, 0.2) is 0 Å². The first-order valence-corrected chi connectivity index (χ1v) is 11.1. The number of piperidine rings is 1. The minimum absolute atomic E-state index is 0.776. The molecule has 0 aliphatic carbocycles. The van der Waals surface area contributed by atoms with Gasteiger partial charge in [-0.15, -0.1) is 0 Å². The maximum absolute atomic E-state index is 5.87. The van der Waals surface area contributed by atoms with Gasteiger partial charge in [-0.05, 0) is 83.0 Å². The minimum Gasteiger partial charge on any atom is -0.494 e. The van der Waals surface area contributed by atoms with Gasteiger partial charge < -0.3 is 19.9 Å². The summed E-state index contributed by atoms with van der Waals surface area (Å²) < 4.78 is 5.87. The fourth-order valence-electron chi connectivity index (χ4n) is 3.85. The highest BCUT2D eigenvalue weighted by Gasteiger charge is 2.16. The van der Waals surface area contributed by atoms with Crippen LogP contribution in [0.25, 0.3) is 0 Å². The molecule has 1 aromatic carbocycles. The molecule has 4 nitrogen and oxygen atoms in total. The molecule has 1 unspecified atom stereocenters. The normalized spacial score (nSPS) is 18.1. The quantitative estimate of drug-likeness (QED) is 0.524. The first-order chi connectivity index (χ1) is 13.2. The lowest BCUT2D eigenvalue weighted by molar-refractivity contribution is 0.159. The number of rotatable bonds is 13. The molecule has 0 amide bonds. The molecule has 0 saturated carbocycles. The smallest absolute Gasteiger partial charge is 0.119 e. The van der Waals surface area contributed by atoms with Crippen LogP contribution < -0.4 is 10.1 Å². The van der Waals surface area contributed by atoms with Crippen LogP contribution in [0.5, 0.6) is 5.75 Å². The lowest BCUT2D eigenvalue weighted by Crippen LogP contribution is -2.38. The molecule has 1 aliphatic rings. The van der Waals surface area contributed by atoms with Crippen LogP contribution in [-0.2, 0) is 6.54 Å². The van der Waals surface area contributed by atoms with Crippen LogP contribution in [0, 0.1) is 0 Å². The first-order valence-electron chi connectivity index (χ1n) is 11.1. The van der Waals surface area contributed by atoms with Gasteiger partial charge in [-0.3, -0.25) is 0 Å². The van der Waals surface area contributed by atoms with Crippen molar-refractivity contribution in [1.29, 1.82) is 0 Å². The van der Waals surface area contributed by atoms with Gasteiger partial charge in [0.05, 0.1) is 6.61 Å². The Morgan fingerprint density at radius 1 is 1.11 bits per heavy atom. The highest BCUT2D eigenvalue weighted by molar-refractivity contribution is 5.27. The Balaban J connectivity index is 1.54. The average molecular weight is 376 g/mol. The molecule has 4 heteroatoms. The predicted octanol–water partition coefficient (Wildman–Crippen LogP) is 4.15. The second-order valence-electron chi connectivity index (χ2n) is 7.78. The number of nitrogens with zero attached hydrogens (tertiary/aromatic N) is 2. The summed E-state index contributed by atoms with van der Waals surface area (Å²) >= 11 is 0. The Morgan fingerprint density at radius 3 is 2.59 bits per heavy atom. The zero-order valence-electron chi connectivity index (χ0n) is 17.9. The van der Waals surface area contributed by atoms with E-state index in [1.807, 2.05) is 0 Å². The van der Waals surface area contributed by atoms with E-state index in [0.717, 1.165) is 57.5 Å². The molecular formula is C23H41N3O. The van der Waals surface area contributed by atoms with Gasteiger partial charge in [0, 0.05) is 19.1 Å². The van der Waals surface area contributed by atoms with Crippen molar-refractivity contribution in [1.82, 2.24) is 15.1 Å². The molecule has 0 radical (unpaired) electrons. The molecule has 1 fully saturated rings. The maximum atomic E-state index is 5.87. The van der Waals surface area contributed by atoms with Crippen LogP contribution in [0.15, 0.2) is 24.3 Å². The average Bonchev–Trinajstić information content (AvgIpc) is 2.70. The maximum Gasteiger partial charge on any atom is 0.119 e. The molecule has 1 aromatic rings. The molecule has 1 aliphatic heterocycles. The van der Waals surface area contributed by atoms with Crippen LogP contribution in [0.3, 0.4) is 0 Å². The van der Waals surface area contributed by atoms with E-state index in [0.29, 0.717) is 0 Å². The number of hydrogen-bond donors (Lipinski definition) is 1. The minimum atomic E-state index is 0.776. The summed E-state index contributed by atoms with van der Waals surface area (Å²) in [6.07, 6.45) is 6.48. The largest absolute Gasteiger partial charge is 0.494 e. The fraction of sp³-hybridized carbons (Fsp3) is 0.739. The summed E-state index contributed by atoms with van der Waals surface area (Å²) in [6, 6.07) is 9.34. The molecule has 154 valence electrons. The topological polar surface area (TPSA) is 27.7 Å². The van der Waals surface area contributed by atoms with E-state index in [9.17, 15) is 0 Å². The highest BCUT2D eigenvalue weighted by Crippen LogP contribution is 2.16. The molecule has 0 aromatic heterocycles. The van der Waals surface area contributed by atoms with Gasteiger partial charge in [0.2, 0.25) is 0 Å². The van der Waals surface area contributed by atoms with Crippen molar-refractivity contribution in [2.45, 2.75) is 65.5 Å². The molecule has 27 heavy (non-hydrogen) atoms. The van der Waals surface area contributed by atoms with E-state index >= 15 is 0 Å². The second kappa shape index (κ2) is 13.1. The summed E-state index contributed by atoms with van der Waals surface area (Å²) in [7, 11) is 0. The summed E-state index contributed by atoms with van der Waals surface area (Å²) in [5.41, 5.74) is 1.33. The Morgan fingerprint density at radius 2 is 1.89 bits per heavy atom. The number of ether oxygens (including phenoxy) is 1. The SMILES string of the molecule is CCN(CC)CCCOc1ccc(CNCCCN2CCCCC2C)cc1. The van der Waals surface area contributed by atoms with Crippen LogP contribution in [0.4, 0.5) is 0 Å². The molecule has 1 atom stereocenters. The van der Waals surface area contributed by atoms with Crippen molar-refractivity contribution in [3.8, 4) is 5.75 Å². The van der Waals surface area contributed by atoms with Gasteiger partial charge in [0.25, 0.3) is 0 Å². The van der Waals surface area contributed by atoms with Crippen molar-refractivity contribution in [2.75, 3.05) is 45.9 Å². The predicted molar refractivity (Wildman–Crippen MR) is 116 cm³/mol. The number of benzene rings is 1. The van der Waals surface area contributed by atoms with Crippen molar-refractivity contribution < 1.29 is 4.74 Å². The van der Waals surface area contributed by atoms with Crippen molar-refractivity contribution >= 4 is 0 Å². The zero-order valence-corrected chi connectivity index (χ0v) is 17.9. The Kier molecular flexibility index (Phi) is 10.8. The van der Waals surface area contributed by atoms with E-state index in [-0.39, 0.29) is 0 Å². The van der Waals surface area contributed by atoms with Crippen LogP contribution in [0.2, 0.25) is 0 Å². The van der Waals surface area contributed by atoms with Gasteiger partial charge >= 0.3 is 0 Å². The lowest BCUT2D eigenvalue weighted by Gasteiger charge is -2.33. The van der Waals surface area contributed by atoms with E-state index in [1.54, 1.807) is 0 Å². The summed E-state index contributed by atoms with van der Waals surface area (Å²) in [4.78, 5) is 5.08. The highest BCUT2D eigenvalue weighted by atomic mass is 16.5. The van der Waals surface area contributed by atoms with E-state index in [2.05, 4.69) is 60.2 Å². The monoisotopic (exact) mass is 375 g/mol. The third kappa shape index (κ3) is 8.63. The summed E-state index contributed by atoms with van der Waals surface area (Å²) in [5, 5.41) is 3.58. The molecule has 1 heterocycles. The number of likely N-dealkylation sites (tertiary alicyclic amines) is 1. The van der Waals surface area contributed by atoms with Gasteiger partial charge in [0.1, 0.15) is 5.75 Å². The first kappa shape index (κ1) is 22.2. The number of hydrogen-bond acceptors (Lipinski definition) is 4. The second-order valence-corrected chi connectivity index (χ2v) is 7.78. The van der Waals surface area contributed by atoms with Crippen molar-refractivity contribution in [3.63, 3.8) is 0 Å². The molecule has 1 saturated heterocycles. The van der Waals surface area contributed by atoms with Crippen molar-refractivity contribution in [2.24, 2.45) is 0 Å². The van der Waals surface area contributed by atoms with E-state index < -0.39 is 0 Å². The fourth-order valence-corrected chi connectivity index (χ4v) is 3.85. The Labute approximate surface area is 167 Å². The molecular weight excluding hydrogens is 334 g/mol. The van der Waals surface area contributed by atoms with E-state index in [4.69, 9.17) is 4.74 Å². The standard InChI is InChI=1S/C23H41N3O/c1-4-25(5-2)16-9-19-27-23-13-11-22(12-14-23)20-24-15-8-18-26-17-7-6-10-21(26)3/h11-14,21,24H,4-10,15-20H2,1-3H3. The van der Waals surface area contributed by atoms with Gasteiger partial charge in [-0.2, -0.15) is 0 Å². The molecule has 2 rings (SSSR count). The Hall–Kier alpha value is -1.10. The van der Waals surface area contributed by atoms with E-state index in [1.165, 1.54) is 44.3 Å². The summed E-state index contributed by atoms with van der Waals surface area (Å²) in [6.45, 7) is 15.5. The van der Waals surface area contributed by atoms with Gasteiger partial charge in [-0.1, -0.05) is 32.4 Å². The zero-order chi connectivity index (χ0) is 19.3. The lowest BCUT2D eigenvalue weighted by atomic mass is 10.0. The third-order valence-electron chi connectivity index (χ3n) is 5.77. The summed E-state index contributed by atoms with van der Waals surface area (Å²) in [5.74, 6) is 0.984. The van der Waals surface area contributed by atoms with Crippen LogP contribution in [-0.4, -0.2) is 61.7 Å². The van der Waals surface area contributed by atoms with Gasteiger partial charge in [-0.25, -0.2) is 0 Å². The van der Waals surface area contributed by atoms with Crippen molar-refractivity contribution in [3.05, 3.63) is 29.8 Å². The number of nitrogens with one attached hydrogen (secondary N) is 1. The molecule has 0 bridgehead atoms. The third-order valence-corrected chi connectivity index (χ3v) is 5.77. The molecule has 1 N–H and O–H groups in total. The molecule has 0 spiro atoms.